The van der Waals surface area contributed by atoms with Crippen LogP contribution in [0.3, 0.4) is 0 Å². The van der Waals surface area contributed by atoms with Gasteiger partial charge in [-0.25, -0.2) is 9.59 Å². The van der Waals surface area contributed by atoms with Gasteiger partial charge in [0.1, 0.15) is 6.04 Å². The van der Waals surface area contributed by atoms with Crippen LogP contribution in [-0.2, 0) is 22.4 Å². The summed E-state index contributed by atoms with van der Waals surface area (Å²) < 4.78 is 4.96. The lowest BCUT2D eigenvalue weighted by Gasteiger charge is -2.24. The molecule has 8 nitrogen and oxygen atoms in total. The minimum absolute atomic E-state index is 0.121. The Labute approximate surface area is 248 Å². The molecule has 41 heavy (non-hydrogen) atoms. The minimum Gasteiger partial charge on any atom is -0.467 e. The van der Waals surface area contributed by atoms with Crippen LogP contribution in [0.25, 0.3) is 0 Å². The maximum atomic E-state index is 13.3. The van der Waals surface area contributed by atoms with Crippen LogP contribution in [0.4, 0.5) is 16.2 Å². The van der Waals surface area contributed by atoms with Gasteiger partial charge in [0.05, 0.1) is 22.7 Å². The van der Waals surface area contributed by atoms with Crippen LogP contribution >= 0.6 is 23.2 Å². The number of rotatable bonds is 9. The van der Waals surface area contributed by atoms with Gasteiger partial charge in [-0.2, -0.15) is 0 Å². The van der Waals surface area contributed by atoms with Gasteiger partial charge < -0.3 is 15.4 Å². The predicted octanol–water partition coefficient (Wildman–Crippen LogP) is 6.16. The third-order valence-electron chi connectivity index (χ3n) is 6.41. The van der Waals surface area contributed by atoms with E-state index in [-0.39, 0.29) is 22.0 Å². The Morgan fingerprint density at radius 3 is 2.17 bits per heavy atom. The molecule has 3 aromatic carbocycles. The van der Waals surface area contributed by atoms with Crippen LogP contribution in [0.1, 0.15) is 27.0 Å². The van der Waals surface area contributed by atoms with Gasteiger partial charge in [-0.05, 0) is 41.3 Å². The van der Waals surface area contributed by atoms with E-state index in [9.17, 15) is 14.4 Å². The first-order valence-electron chi connectivity index (χ1n) is 12.7. The molecule has 0 bridgehead atoms. The van der Waals surface area contributed by atoms with E-state index < -0.39 is 23.9 Å². The van der Waals surface area contributed by atoms with Crippen molar-refractivity contribution in [1.29, 1.82) is 0 Å². The number of aromatic nitrogens is 1. The zero-order valence-electron chi connectivity index (χ0n) is 22.4. The average molecular weight is 591 g/mol. The average Bonchev–Trinajstić information content (AvgIpc) is 2.97. The number of hydrogen-bond donors (Lipinski definition) is 2. The van der Waals surface area contributed by atoms with E-state index in [1.54, 1.807) is 31.3 Å². The zero-order chi connectivity index (χ0) is 29.4. The predicted molar refractivity (Wildman–Crippen MR) is 161 cm³/mol. The van der Waals surface area contributed by atoms with Crippen molar-refractivity contribution < 1.29 is 19.1 Å². The highest BCUT2D eigenvalue weighted by molar-refractivity contribution is 6.40. The summed E-state index contributed by atoms with van der Waals surface area (Å²) >= 11 is 12.1. The number of esters is 1. The lowest BCUT2D eigenvalue weighted by Crippen LogP contribution is -2.48. The summed E-state index contributed by atoms with van der Waals surface area (Å²) in [5.41, 5.74) is 4.18. The minimum atomic E-state index is -0.939. The Balaban J connectivity index is 1.44. The molecule has 10 heteroatoms. The molecule has 1 heterocycles. The smallest absolute Gasteiger partial charge is 0.328 e. The number of nitrogens with zero attached hydrogens (tertiary/aromatic N) is 2. The van der Waals surface area contributed by atoms with Crippen LogP contribution in [0.5, 0.6) is 0 Å². The fourth-order valence-electron chi connectivity index (χ4n) is 4.28. The van der Waals surface area contributed by atoms with E-state index in [0.29, 0.717) is 12.1 Å². The maximum absolute atomic E-state index is 13.3. The van der Waals surface area contributed by atoms with Crippen LogP contribution in [0, 0.1) is 0 Å². The van der Waals surface area contributed by atoms with Crippen molar-refractivity contribution in [2.24, 2.45) is 0 Å². The molecule has 3 amide bonds. The topological polar surface area (TPSA) is 101 Å². The van der Waals surface area contributed by atoms with Gasteiger partial charge >= 0.3 is 12.0 Å². The summed E-state index contributed by atoms with van der Waals surface area (Å²) in [5, 5.41) is 5.80. The second-order valence-electron chi connectivity index (χ2n) is 9.21. The number of anilines is 2. The van der Waals surface area contributed by atoms with E-state index in [4.69, 9.17) is 27.9 Å². The monoisotopic (exact) mass is 590 g/mol. The Morgan fingerprint density at radius 2 is 1.51 bits per heavy atom. The summed E-state index contributed by atoms with van der Waals surface area (Å²) in [4.78, 5) is 43.9. The van der Waals surface area contributed by atoms with E-state index >= 15 is 0 Å². The number of ether oxygens (including phenoxy) is 1. The standard InChI is InChI=1S/C31H28Cl2N4O4/c1-37(27-11-7-6-10-22(27)16-20-8-4-3-5-9-20)31(40)36-26(30(39)41-2)17-21-12-14-23(15-13-21)35-29(38)28-24(32)18-34-19-25(28)33/h3-15,18-19,26H,16-17H2,1-2H3,(H,35,38)(H,36,40). The number of pyridine rings is 1. The molecule has 0 spiro atoms. The normalized spacial score (nSPS) is 11.3. The van der Waals surface area contributed by atoms with Crippen molar-refractivity contribution in [2.75, 3.05) is 24.4 Å². The number of nitrogens with one attached hydrogen (secondary N) is 2. The molecule has 210 valence electrons. The first-order chi connectivity index (χ1) is 19.8. The first kappa shape index (κ1) is 29.6. The van der Waals surface area contributed by atoms with Crippen molar-refractivity contribution in [3.63, 3.8) is 0 Å². The summed E-state index contributed by atoms with van der Waals surface area (Å²) in [6.45, 7) is 0. The van der Waals surface area contributed by atoms with Crippen molar-refractivity contribution in [3.8, 4) is 0 Å². The SMILES string of the molecule is COC(=O)C(Cc1ccc(NC(=O)c2c(Cl)cncc2Cl)cc1)NC(=O)N(C)c1ccccc1Cc1ccccc1. The second-order valence-corrected chi connectivity index (χ2v) is 10.0. The molecular weight excluding hydrogens is 563 g/mol. The Morgan fingerprint density at radius 1 is 0.878 bits per heavy atom. The Bertz CT molecular complexity index is 1510. The number of methoxy groups -OCH3 is 1. The number of hydrogen-bond acceptors (Lipinski definition) is 5. The van der Waals surface area contributed by atoms with Gasteiger partial charge in [-0.3, -0.25) is 14.7 Å². The third-order valence-corrected chi connectivity index (χ3v) is 6.98. The van der Waals surface area contributed by atoms with Crippen LogP contribution in [0.15, 0.2) is 91.3 Å². The number of urea groups is 1. The maximum Gasteiger partial charge on any atom is 0.328 e. The molecule has 0 fully saturated rings. The molecule has 1 unspecified atom stereocenters. The van der Waals surface area contributed by atoms with Crippen molar-refractivity contribution in [2.45, 2.75) is 18.9 Å². The lowest BCUT2D eigenvalue weighted by molar-refractivity contribution is -0.142. The van der Waals surface area contributed by atoms with Gasteiger partial charge in [0.25, 0.3) is 5.91 Å². The highest BCUT2D eigenvalue weighted by atomic mass is 35.5. The Hall–Kier alpha value is -4.40. The van der Waals surface area contributed by atoms with Gasteiger partial charge in [-0.1, -0.05) is 83.9 Å². The zero-order valence-corrected chi connectivity index (χ0v) is 23.9. The van der Waals surface area contributed by atoms with Crippen LogP contribution in [0.2, 0.25) is 10.0 Å². The molecule has 0 aliphatic carbocycles. The van der Waals surface area contributed by atoms with Gasteiger partial charge in [0, 0.05) is 37.2 Å². The highest BCUT2D eigenvalue weighted by Gasteiger charge is 2.25. The quantitative estimate of drug-likeness (QED) is 0.227. The molecular formula is C31H28Cl2N4O4. The van der Waals surface area contributed by atoms with Crippen LogP contribution in [-0.4, -0.2) is 43.1 Å². The molecule has 2 N–H and O–H groups in total. The Kier molecular flexibility index (Phi) is 9.95. The molecule has 0 aliphatic rings. The second kappa shape index (κ2) is 13.8. The molecule has 0 aliphatic heterocycles. The molecule has 1 aromatic heterocycles. The number of para-hydroxylation sites is 1. The number of amides is 3. The molecule has 1 atom stereocenters. The molecule has 4 aromatic rings. The number of halogens is 2. The van der Waals surface area contributed by atoms with E-state index in [2.05, 4.69) is 15.6 Å². The fraction of sp³-hybridized carbons (Fsp3) is 0.161. The molecule has 0 saturated carbocycles. The van der Waals surface area contributed by atoms with Crippen molar-refractivity contribution in [1.82, 2.24) is 10.3 Å². The van der Waals surface area contributed by atoms with E-state index in [0.717, 1.165) is 22.4 Å². The highest BCUT2D eigenvalue weighted by Crippen LogP contribution is 2.25. The summed E-state index contributed by atoms with van der Waals surface area (Å²) in [5.74, 6) is -1.06. The van der Waals surface area contributed by atoms with Crippen LogP contribution < -0.4 is 15.5 Å². The van der Waals surface area contributed by atoms with Gasteiger partial charge in [0.2, 0.25) is 0 Å². The largest absolute Gasteiger partial charge is 0.467 e. The number of carbonyl (C=O) groups is 3. The molecule has 0 saturated heterocycles. The third kappa shape index (κ3) is 7.63. The van der Waals surface area contributed by atoms with Gasteiger partial charge in [0.15, 0.2) is 0 Å². The van der Waals surface area contributed by atoms with E-state index in [1.807, 2.05) is 54.6 Å². The fourth-order valence-corrected chi connectivity index (χ4v) is 4.81. The van der Waals surface area contributed by atoms with Crippen molar-refractivity contribution >= 4 is 52.5 Å². The number of benzene rings is 3. The van der Waals surface area contributed by atoms with Crippen molar-refractivity contribution in [3.05, 3.63) is 124 Å². The summed E-state index contributed by atoms with van der Waals surface area (Å²) in [6, 6.07) is 23.1. The van der Waals surface area contributed by atoms with Gasteiger partial charge in [-0.15, -0.1) is 0 Å². The number of carbonyl (C=O) groups excluding carboxylic acids is 3. The lowest BCUT2D eigenvalue weighted by atomic mass is 10.0. The first-order valence-corrected chi connectivity index (χ1v) is 13.5. The summed E-state index contributed by atoms with van der Waals surface area (Å²) in [7, 11) is 2.93. The molecule has 0 radical (unpaired) electrons. The summed E-state index contributed by atoms with van der Waals surface area (Å²) in [6.07, 6.45) is 3.50. The van der Waals surface area contributed by atoms with E-state index in [1.165, 1.54) is 24.4 Å². The molecule has 4 rings (SSSR count).